The van der Waals surface area contributed by atoms with Crippen molar-refractivity contribution in [1.29, 1.82) is 0 Å². The largest absolute Gasteiger partial charge is 0.273 e. The molecule has 0 spiro atoms. The zero-order valence-corrected chi connectivity index (χ0v) is 10.1. The van der Waals surface area contributed by atoms with Gasteiger partial charge in [0.25, 0.3) is 0 Å². The van der Waals surface area contributed by atoms with Crippen molar-refractivity contribution in [1.82, 2.24) is 14.8 Å². The highest BCUT2D eigenvalue weighted by atomic mass is 16.2. The first-order valence-electron chi connectivity index (χ1n) is 5.43. The maximum absolute atomic E-state index is 11.4. The zero-order valence-electron chi connectivity index (χ0n) is 10.1. The van der Waals surface area contributed by atoms with Crippen LogP contribution in [0.4, 0.5) is 0 Å². The summed E-state index contributed by atoms with van der Waals surface area (Å²) >= 11 is 0. The quantitative estimate of drug-likeness (QED) is 0.749. The number of aryl methyl sites for hydroxylation is 2. The van der Waals surface area contributed by atoms with Crippen LogP contribution in [-0.4, -0.2) is 33.5 Å². The lowest BCUT2D eigenvalue weighted by atomic mass is 10.1. The minimum Gasteiger partial charge on any atom is -0.273 e. The number of hydrazone groups is 1. The monoisotopic (exact) mass is 220 g/mol. The second-order valence-corrected chi connectivity index (χ2v) is 4.00. The Morgan fingerprint density at radius 1 is 1.38 bits per heavy atom. The third-order valence-corrected chi connectivity index (χ3v) is 2.92. The number of amides is 1. The van der Waals surface area contributed by atoms with E-state index in [4.69, 9.17) is 0 Å². The van der Waals surface area contributed by atoms with E-state index in [1.54, 1.807) is 7.05 Å². The van der Waals surface area contributed by atoms with E-state index < -0.39 is 0 Å². The summed E-state index contributed by atoms with van der Waals surface area (Å²) in [4.78, 5) is 11.4. The first-order valence-corrected chi connectivity index (χ1v) is 5.43. The predicted molar refractivity (Wildman–Crippen MR) is 61.3 cm³/mol. The van der Waals surface area contributed by atoms with Gasteiger partial charge in [-0.05, 0) is 20.8 Å². The maximum atomic E-state index is 11.4. The van der Waals surface area contributed by atoms with E-state index in [-0.39, 0.29) is 5.91 Å². The lowest BCUT2D eigenvalue weighted by Crippen LogP contribution is -2.14. The second kappa shape index (κ2) is 3.73. The van der Waals surface area contributed by atoms with Crippen molar-refractivity contribution in [2.24, 2.45) is 5.10 Å². The predicted octanol–water partition coefficient (Wildman–Crippen LogP) is 1.09. The Hall–Kier alpha value is -1.65. The fourth-order valence-electron chi connectivity index (χ4n) is 2.09. The lowest BCUT2D eigenvalue weighted by molar-refractivity contribution is -0.127. The Kier molecular flexibility index (Phi) is 2.53. The van der Waals surface area contributed by atoms with Gasteiger partial charge in [-0.25, -0.2) is 5.01 Å². The zero-order chi connectivity index (χ0) is 11.9. The Balaban J connectivity index is 2.46. The van der Waals surface area contributed by atoms with Crippen LogP contribution < -0.4 is 0 Å². The van der Waals surface area contributed by atoms with Crippen molar-refractivity contribution in [3.05, 3.63) is 17.0 Å². The van der Waals surface area contributed by atoms with Gasteiger partial charge in [0.1, 0.15) is 0 Å². The Morgan fingerprint density at radius 3 is 2.50 bits per heavy atom. The van der Waals surface area contributed by atoms with Gasteiger partial charge in [-0.3, -0.25) is 9.48 Å². The van der Waals surface area contributed by atoms with E-state index >= 15 is 0 Å². The number of hydrogen-bond donors (Lipinski definition) is 0. The van der Waals surface area contributed by atoms with Crippen LogP contribution in [-0.2, 0) is 11.3 Å². The molecule has 0 unspecified atom stereocenters. The highest BCUT2D eigenvalue weighted by molar-refractivity contribution is 6.14. The first-order chi connectivity index (χ1) is 7.54. The lowest BCUT2D eigenvalue weighted by Gasteiger charge is -2.01. The number of hydrogen-bond acceptors (Lipinski definition) is 3. The fraction of sp³-hybridized carbons (Fsp3) is 0.545. The molecule has 86 valence electrons. The summed E-state index contributed by atoms with van der Waals surface area (Å²) in [6, 6.07) is 0. The molecule has 2 heterocycles. The van der Waals surface area contributed by atoms with E-state index in [0.29, 0.717) is 6.42 Å². The average molecular weight is 220 g/mol. The van der Waals surface area contributed by atoms with Crippen LogP contribution in [0.25, 0.3) is 0 Å². The number of carbonyl (C=O) groups is 1. The molecule has 0 radical (unpaired) electrons. The molecule has 5 heteroatoms. The van der Waals surface area contributed by atoms with Crippen LogP contribution in [0.2, 0.25) is 0 Å². The van der Waals surface area contributed by atoms with Crippen LogP contribution in [0.5, 0.6) is 0 Å². The van der Waals surface area contributed by atoms with Crippen molar-refractivity contribution in [3.8, 4) is 0 Å². The molecule has 1 amide bonds. The molecule has 0 aromatic carbocycles. The molecular formula is C11H16N4O. The summed E-state index contributed by atoms with van der Waals surface area (Å²) in [5, 5.41) is 10.1. The molecule has 1 aliphatic rings. The molecule has 1 aromatic heterocycles. The molecule has 0 fully saturated rings. The van der Waals surface area contributed by atoms with E-state index in [1.807, 2.05) is 18.5 Å². The number of rotatable bonds is 2. The standard InChI is InChI=1S/C11H16N4O/c1-5-15-8(3)11(7(2)12-15)9-6-10(16)14(4)13-9/h5-6H2,1-4H3. The van der Waals surface area contributed by atoms with Crippen molar-refractivity contribution < 1.29 is 4.79 Å². The molecule has 0 N–H and O–H groups in total. The van der Waals surface area contributed by atoms with Gasteiger partial charge < -0.3 is 0 Å². The van der Waals surface area contributed by atoms with Gasteiger partial charge >= 0.3 is 0 Å². The van der Waals surface area contributed by atoms with E-state index in [2.05, 4.69) is 17.1 Å². The Morgan fingerprint density at radius 2 is 2.06 bits per heavy atom. The molecule has 0 bridgehead atoms. The van der Waals surface area contributed by atoms with Crippen LogP contribution in [0.1, 0.15) is 30.3 Å². The molecule has 0 saturated carbocycles. The summed E-state index contributed by atoms with van der Waals surface area (Å²) in [6.45, 7) is 6.87. The van der Waals surface area contributed by atoms with Gasteiger partial charge in [0.2, 0.25) is 5.91 Å². The summed E-state index contributed by atoms with van der Waals surface area (Å²) in [6.07, 6.45) is 0.383. The molecule has 16 heavy (non-hydrogen) atoms. The molecule has 2 rings (SSSR count). The number of carbonyl (C=O) groups excluding carboxylic acids is 1. The molecule has 5 nitrogen and oxygen atoms in total. The molecular weight excluding hydrogens is 204 g/mol. The van der Waals surface area contributed by atoms with Crippen molar-refractivity contribution in [2.45, 2.75) is 33.7 Å². The smallest absolute Gasteiger partial charge is 0.248 e. The van der Waals surface area contributed by atoms with E-state index in [0.717, 1.165) is 29.2 Å². The van der Waals surface area contributed by atoms with Crippen LogP contribution in [0.15, 0.2) is 5.10 Å². The Bertz CT molecular complexity index is 473. The molecule has 0 aliphatic carbocycles. The fourth-order valence-corrected chi connectivity index (χ4v) is 2.09. The summed E-state index contributed by atoms with van der Waals surface area (Å²) < 4.78 is 1.94. The summed E-state index contributed by atoms with van der Waals surface area (Å²) in [5.41, 5.74) is 3.89. The normalized spacial score (nSPS) is 15.9. The molecule has 0 saturated heterocycles. The SMILES string of the molecule is CCn1nc(C)c(C2=NN(C)C(=O)C2)c1C. The Labute approximate surface area is 94.7 Å². The van der Waals surface area contributed by atoms with Crippen molar-refractivity contribution in [2.75, 3.05) is 7.05 Å². The summed E-state index contributed by atoms with van der Waals surface area (Å²) in [7, 11) is 1.68. The summed E-state index contributed by atoms with van der Waals surface area (Å²) in [5.74, 6) is 0.0399. The van der Waals surface area contributed by atoms with Crippen LogP contribution >= 0.6 is 0 Å². The second-order valence-electron chi connectivity index (χ2n) is 4.00. The molecule has 0 atom stereocenters. The minimum atomic E-state index is 0.0399. The number of aromatic nitrogens is 2. The van der Waals surface area contributed by atoms with Crippen molar-refractivity contribution >= 4 is 11.6 Å². The number of nitrogens with zero attached hydrogens (tertiary/aromatic N) is 4. The average Bonchev–Trinajstić information content (AvgIpc) is 2.69. The minimum absolute atomic E-state index is 0.0399. The van der Waals surface area contributed by atoms with Crippen LogP contribution in [0, 0.1) is 13.8 Å². The first kappa shape index (κ1) is 10.9. The van der Waals surface area contributed by atoms with Gasteiger partial charge in [-0.1, -0.05) is 0 Å². The van der Waals surface area contributed by atoms with E-state index in [1.165, 1.54) is 5.01 Å². The highest BCUT2D eigenvalue weighted by Gasteiger charge is 2.26. The highest BCUT2D eigenvalue weighted by Crippen LogP contribution is 2.20. The van der Waals surface area contributed by atoms with E-state index in [9.17, 15) is 4.79 Å². The van der Waals surface area contributed by atoms with Crippen molar-refractivity contribution in [3.63, 3.8) is 0 Å². The van der Waals surface area contributed by atoms with Gasteiger partial charge in [-0.2, -0.15) is 10.2 Å². The third kappa shape index (κ3) is 1.52. The van der Waals surface area contributed by atoms with Gasteiger partial charge in [-0.15, -0.1) is 0 Å². The maximum Gasteiger partial charge on any atom is 0.248 e. The van der Waals surface area contributed by atoms with Crippen LogP contribution in [0.3, 0.4) is 0 Å². The molecule has 1 aromatic rings. The van der Waals surface area contributed by atoms with Gasteiger partial charge in [0, 0.05) is 24.8 Å². The third-order valence-electron chi connectivity index (χ3n) is 2.92. The van der Waals surface area contributed by atoms with Gasteiger partial charge in [0.15, 0.2) is 0 Å². The molecule has 1 aliphatic heterocycles. The van der Waals surface area contributed by atoms with Gasteiger partial charge in [0.05, 0.1) is 17.8 Å². The topological polar surface area (TPSA) is 50.5 Å².